The van der Waals surface area contributed by atoms with Gasteiger partial charge >= 0.3 is 6.85 Å². The number of para-hydroxylation sites is 2. The number of rotatable bonds is 3. The quantitative estimate of drug-likeness (QED) is 0.165. The molecule has 0 fully saturated rings. The van der Waals surface area contributed by atoms with Crippen LogP contribution in [0.3, 0.4) is 0 Å². The van der Waals surface area contributed by atoms with Gasteiger partial charge in [-0.15, -0.1) is 11.3 Å². The Morgan fingerprint density at radius 3 is 1.83 bits per heavy atom. The summed E-state index contributed by atoms with van der Waals surface area (Å²) in [7, 11) is 0. The van der Waals surface area contributed by atoms with Crippen LogP contribution in [0.15, 0.2) is 146 Å². The molecule has 352 valence electrons. The van der Waals surface area contributed by atoms with Crippen molar-refractivity contribution in [1.29, 1.82) is 0 Å². The predicted molar refractivity (Wildman–Crippen MR) is 303 cm³/mol. The van der Waals surface area contributed by atoms with Gasteiger partial charge in [-0.25, -0.2) is 0 Å². The molecule has 0 amide bonds. The highest BCUT2D eigenvalue weighted by Gasteiger charge is 2.48. The van der Waals surface area contributed by atoms with E-state index in [2.05, 4.69) is 207 Å². The summed E-state index contributed by atoms with van der Waals surface area (Å²) in [6.45, 7) is 25.9. The fraction of sp³-hybridized carbons (Fsp3) is 0.262. The van der Waals surface area contributed by atoms with E-state index >= 15 is 0 Å². The van der Waals surface area contributed by atoms with Crippen molar-refractivity contribution in [2.45, 2.75) is 111 Å². The van der Waals surface area contributed by atoms with Crippen molar-refractivity contribution in [1.82, 2.24) is 0 Å². The lowest BCUT2D eigenvalue weighted by Crippen LogP contribution is -2.62. The van der Waals surface area contributed by atoms with Crippen molar-refractivity contribution >= 4 is 77.7 Å². The zero-order valence-corrected chi connectivity index (χ0v) is 43.8. The molecule has 0 spiro atoms. The Bertz CT molecular complexity index is 3720. The minimum absolute atomic E-state index is 0.00906. The Balaban J connectivity index is 1.19. The van der Waals surface area contributed by atoms with Crippen LogP contribution in [0, 0.1) is 6.92 Å². The molecule has 3 aliphatic heterocycles. The summed E-state index contributed by atoms with van der Waals surface area (Å²) in [4.78, 5) is 5.31. The molecule has 4 nitrogen and oxygen atoms in total. The van der Waals surface area contributed by atoms with Gasteiger partial charge in [-0.05, 0) is 152 Å². The fourth-order valence-electron chi connectivity index (χ4n) is 12.2. The molecule has 8 aromatic carbocycles. The number of anilines is 5. The van der Waals surface area contributed by atoms with E-state index in [0.717, 1.165) is 41.5 Å². The summed E-state index contributed by atoms with van der Waals surface area (Å²) in [5.41, 5.74) is 19.9. The van der Waals surface area contributed by atoms with Crippen LogP contribution in [-0.2, 0) is 21.7 Å². The van der Waals surface area contributed by atoms with Crippen molar-refractivity contribution in [2.75, 3.05) is 9.71 Å². The largest absolute Gasteiger partial charge is 0.450 e. The van der Waals surface area contributed by atoms with E-state index in [1.165, 1.54) is 104 Å². The van der Waals surface area contributed by atoms with Crippen LogP contribution in [0.5, 0.6) is 23.0 Å². The van der Waals surface area contributed by atoms with Gasteiger partial charge in [0.05, 0.1) is 0 Å². The number of nitrogens with zero attached hydrogens (tertiary/aromatic N) is 2. The van der Waals surface area contributed by atoms with Crippen LogP contribution in [0.2, 0.25) is 0 Å². The number of thiophene rings is 1. The van der Waals surface area contributed by atoms with Gasteiger partial charge in [-0.2, -0.15) is 0 Å². The minimum atomic E-state index is -0.248. The number of fused-ring (bicyclic) bond motifs is 10. The van der Waals surface area contributed by atoms with Crippen LogP contribution in [0.1, 0.15) is 110 Å². The lowest BCUT2D eigenvalue weighted by molar-refractivity contribution is 0.332. The molecule has 1 aromatic heterocycles. The molecule has 0 bridgehead atoms. The highest BCUT2D eigenvalue weighted by molar-refractivity contribution is 7.25. The Labute approximate surface area is 424 Å². The molecule has 6 heteroatoms. The topological polar surface area (TPSA) is 24.9 Å². The van der Waals surface area contributed by atoms with E-state index in [1.807, 2.05) is 35.6 Å². The molecule has 0 saturated carbocycles. The predicted octanol–water partition coefficient (Wildman–Crippen LogP) is 17.6. The van der Waals surface area contributed by atoms with Gasteiger partial charge in [0.1, 0.15) is 0 Å². The van der Waals surface area contributed by atoms with Gasteiger partial charge in [-0.3, -0.25) is 0 Å². The summed E-state index contributed by atoms with van der Waals surface area (Å²) in [5, 5.41) is 2.60. The molecule has 13 rings (SSSR count). The zero-order chi connectivity index (χ0) is 49.1. The van der Waals surface area contributed by atoms with Gasteiger partial charge in [0.15, 0.2) is 23.0 Å². The van der Waals surface area contributed by atoms with Gasteiger partial charge in [-0.1, -0.05) is 148 Å². The van der Waals surface area contributed by atoms with Crippen LogP contribution in [-0.4, -0.2) is 6.85 Å². The van der Waals surface area contributed by atoms with Crippen molar-refractivity contribution in [3.8, 4) is 45.3 Å². The highest BCUT2D eigenvalue weighted by atomic mass is 32.1. The second-order valence-corrected chi connectivity index (χ2v) is 25.2. The normalized spacial score (nSPS) is 16.1. The van der Waals surface area contributed by atoms with Crippen molar-refractivity contribution < 1.29 is 9.47 Å². The van der Waals surface area contributed by atoms with Crippen LogP contribution in [0.4, 0.5) is 28.4 Å². The van der Waals surface area contributed by atoms with Crippen LogP contribution >= 0.6 is 11.3 Å². The molecular formula is C65H61BN2O2S. The van der Waals surface area contributed by atoms with E-state index in [0.29, 0.717) is 0 Å². The standard InChI is InChI=1S/C65H61BN2O2S/c1-38-29-47-48(65(10,11)28-27-64(47,8)9)34-51(38)67-53-36-58-57(69-55-22-16-17-23-56(55)70-58)35-49(53)66-61-46(31-41(32-54(61)67)63(5,6)7)44-33-45-42-21-15-18-24-59(42)71-60(45)37-52(44)68(66)50-26-25-40(62(2,3)4)30-43(50)39-19-13-12-14-20-39/h12-26,29-37H,27-28H2,1-11H3. The molecule has 0 unspecified atom stereocenters. The maximum Gasteiger partial charge on any atom is 0.333 e. The second kappa shape index (κ2) is 15.1. The lowest BCUT2D eigenvalue weighted by atomic mass is 9.43. The first-order chi connectivity index (χ1) is 33.8. The molecule has 0 saturated heterocycles. The van der Waals surface area contributed by atoms with E-state index in [-0.39, 0.29) is 28.5 Å². The molecule has 71 heavy (non-hydrogen) atoms. The summed E-state index contributed by atoms with van der Waals surface area (Å²) < 4.78 is 16.4. The maximum atomic E-state index is 6.91. The molecular weight excluding hydrogens is 884 g/mol. The molecule has 9 aromatic rings. The van der Waals surface area contributed by atoms with Gasteiger partial charge in [0.25, 0.3) is 0 Å². The smallest absolute Gasteiger partial charge is 0.333 e. The van der Waals surface area contributed by atoms with Gasteiger partial charge in [0.2, 0.25) is 0 Å². The molecule has 0 atom stereocenters. The zero-order valence-electron chi connectivity index (χ0n) is 43.0. The molecule has 0 radical (unpaired) electrons. The average molecular weight is 945 g/mol. The first kappa shape index (κ1) is 44.2. The number of ether oxygens (including phenoxy) is 2. The Kier molecular flexibility index (Phi) is 9.42. The first-order valence-electron chi connectivity index (χ1n) is 25.6. The SMILES string of the molecule is Cc1cc2c(cc1N1c3cc4c(cc3B3c5c(cc(C(C)(C)C)cc51)-c1cc5c(cc1N3c1ccc(C(C)(C)C)cc1-c1ccccc1)sc1ccccc15)Oc1ccccc1O4)C(C)(C)CCC2(C)C. The third-order valence-corrected chi connectivity index (χ3v) is 17.5. The first-order valence-corrected chi connectivity index (χ1v) is 26.4. The monoisotopic (exact) mass is 944 g/mol. The maximum absolute atomic E-state index is 6.91. The second-order valence-electron chi connectivity index (χ2n) is 24.1. The third-order valence-electron chi connectivity index (χ3n) is 16.4. The van der Waals surface area contributed by atoms with Crippen molar-refractivity contribution in [2.24, 2.45) is 0 Å². The molecule has 0 N–H and O–H groups in total. The van der Waals surface area contributed by atoms with E-state index < -0.39 is 0 Å². The fourth-order valence-corrected chi connectivity index (χ4v) is 13.3. The van der Waals surface area contributed by atoms with Crippen LogP contribution in [0.25, 0.3) is 42.4 Å². The summed E-state index contributed by atoms with van der Waals surface area (Å²) in [6, 6.07) is 55.0. The van der Waals surface area contributed by atoms with E-state index in [4.69, 9.17) is 9.47 Å². The number of aryl methyl sites for hydroxylation is 1. The van der Waals surface area contributed by atoms with Gasteiger partial charge in [0, 0.05) is 65.8 Å². The van der Waals surface area contributed by atoms with Crippen molar-refractivity contribution in [3.63, 3.8) is 0 Å². The number of hydrogen-bond donors (Lipinski definition) is 0. The van der Waals surface area contributed by atoms with E-state index in [9.17, 15) is 0 Å². The number of benzene rings is 8. The Morgan fingerprint density at radius 1 is 0.493 bits per heavy atom. The summed E-state index contributed by atoms with van der Waals surface area (Å²) >= 11 is 1.89. The van der Waals surface area contributed by atoms with Gasteiger partial charge < -0.3 is 19.2 Å². The average Bonchev–Trinajstić information content (AvgIpc) is 3.71. The number of hydrogen-bond acceptors (Lipinski definition) is 5. The molecule has 1 aliphatic carbocycles. The Hall–Kier alpha value is -6.76. The minimum Gasteiger partial charge on any atom is -0.450 e. The summed E-state index contributed by atoms with van der Waals surface area (Å²) in [6.07, 6.45) is 2.30. The van der Waals surface area contributed by atoms with E-state index in [1.54, 1.807) is 0 Å². The Morgan fingerprint density at radius 2 is 1.13 bits per heavy atom. The lowest BCUT2D eigenvalue weighted by Gasteiger charge is -2.48. The van der Waals surface area contributed by atoms with Crippen LogP contribution < -0.4 is 30.1 Å². The molecule has 4 aliphatic rings. The summed E-state index contributed by atoms with van der Waals surface area (Å²) in [5.74, 6) is 2.89. The van der Waals surface area contributed by atoms with Crippen molar-refractivity contribution in [3.05, 3.63) is 173 Å². The third kappa shape index (κ3) is 6.77. The highest BCUT2D eigenvalue weighted by Crippen LogP contribution is 2.56. The molecule has 4 heterocycles.